The highest BCUT2D eigenvalue weighted by Gasteiger charge is 2.30. The van der Waals surface area contributed by atoms with Crippen molar-refractivity contribution in [3.63, 3.8) is 0 Å². The Labute approximate surface area is 213 Å². The van der Waals surface area contributed by atoms with Gasteiger partial charge < -0.3 is 15.1 Å². The minimum Gasteiger partial charge on any atom is -0.357 e. The second-order valence-electron chi connectivity index (χ2n) is 8.44. The molecule has 1 atom stereocenters. The van der Waals surface area contributed by atoms with Gasteiger partial charge in [0.15, 0.2) is 11.8 Å². The fourth-order valence-corrected chi connectivity index (χ4v) is 4.43. The van der Waals surface area contributed by atoms with Gasteiger partial charge in [-0.25, -0.2) is 9.98 Å². The Kier molecular flexibility index (Phi) is 9.48. The largest absolute Gasteiger partial charge is 0.357 e. The highest BCUT2D eigenvalue weighted by molar-refractivity contribution is 14.0. The van der Waals surface area contributed by atoms with Crippen LogP contribution in [0.25, 0.3) is 11.4 Å². The first-order valence-corrected chi connectivity index (χ1v) is 11.7. The number of hydrogen-bond donors (Lipinski definition) is 2. The zero-order valence-electron chi connectivity index (χ0n) is 19.5. The summed E-state index contributed by atoms with van der Waals surface area (Å²) in [6.45, 7) is 10.8. The molecular formula is C23H35IN8O. The molecule has 2 fully saturated rings. The maximum atomic E-state index is 12.8. The third-order valence-corrected chi connectivity index (χ3v) is 6.30. The van der Waals surface area contributed by atoms with E-state index in [1.807, 2.05) is 17.0 Å². The van der Waals surface area contributed by atoms with Crippen molar-refractivity contribution in [3.05, 3.63) is 36.2 Å². The first-order valence-electron chi connectivity index (χ1n) is 11.7. The molecular weight excluding hydrogens is 531 g/mol. The number of hydrogen-bond acceptors (Lipinski definition) is 5. The number of aromatic amines is 1. The summed E-state index contributed by atoms with van der Waals surface area (Å²) < 4.78 is 0. The van der Waals surface area contributed by atoms with Gasteiger partial charge in [-0.3, -0.25) is 14.8 Å². The minimum atomic E-state index is -0.0476. The molecule has 9 nitrogen and oxygen atoms in total. The van der Waals surface area contributed by atoms with Crippen LogP contribution in [0.1, 0.15) is 32.3 Å². The van der Waals surface area contributed by atoms with E-state index >= 15 is 0 Å². The van der Waals surface area contributed by atoms with Crippen molar-refractivity contribution >= 4 is 35.8 Å². The van der Waals surface area contributed by atoms with Gasteiger partial charge in [-0.1, -0.05) is 18.2 Å². The lowest BCUT2D eigenvalue weighted by atomic mass is 10.1. The van der Waals surface area contributed by atoms with Crippen LogP contribution in [0.2, 0.25) is 0 Å². The van der Waals surface area contributed by atoms with Gasteiger partial charge in [0.1, 0.15) is 6.33 Å². The molecule has 180 valence electrons. The van der Waals surface area contributed by atoms with Crippen LogP contribution in [-0.2, 0) is 11.3 Å². The van der Waals surface area contributed by atoms with E-state index in [0.29, 0.717) is 6.54 Å². The van der Waals surface area contributed by atoms with Gasteiger partial charge in [0, 0.05) is 51.4 Å². The smallest absolute Gasteiger partial charge is 0.239 e. The molecule has 2 aliphatic heterocycles. The molecule has 10 heteroatoms. The average molecular weight is 566 g/mol. The van der Waals surface area contributed by atoms with Crippen molar-refractivity contribution in [1.82, 2.24) is 35.2 Å². The molecule has 33 heavy (non-hydrogen) atoms. The second-order valence-corrected chi connectivity index (χ2v) is 8.44. The number of nitrogens with zero attached hydrogens (tertiary/aromatic N) is 6. The number of likely N-dealkylation sites (tertiary alicyclic amines) is 1. The number of carbonyl (C=O) groups excluding carboxylic acids is 1. The highest BCUT2D eigenvalue weighted by atomic mass is 127. The zero-order chi connectivity index (χ0) is 22.3. The number of aliphatic imine (C=N–C) groups is 1. The van der Waals surface area contributed by atoms with Crippen LogP contribution < -0.4 is 5.32 Å². The SMILES string of the molecule is CCNC(=NCc1cccc(-c2ncn[nH]2)c1)N1CCN(C(C)C(=O)N2CCCC2)CC1.I. The van der Waals surface area contributed by atoms with E-state index in [0.717, 1.165) is 81.6 Å². The molecule has 0 spiro atoms. The van der Waals surface area contributed by atoms with Gasteiger partial charge in [-0.05, 0) is 38.3 Å². The number of rotatable bonds is 6. The van der Waals surface area contributed by atoms with Gasteiger partial charge in [0.05, 0.1) is 12.6 Å². The van der Waals surface area contributed by atoms with Gasteiger partial charge in [0.25, 0.3) is 0 Å². The summed E-state index contributed by atoms with van der Waals surface area (Å²) >= 11 is 0. The van der Waals surface area contributed by atoms with Crippen molar-refractivity contribution in [1.29, 1.82) is 0 Å². The van der Waals surface area contributed by atoms with Crippen LogP contribution in [-0.4, -0.2) is 93.6 Å². The molecule has 1 aromatic carbocycles. The summed E-state index contributed by atoms with van der Waals surface area (Å²) in [5.41, 5.74) is 2.13. The molecule has 2 aromatic rings. The number of piperazine rings is 1. The van der Waals surface area contributed by atoms with Crippen LogP contribution in [0.3, 0.4) is 0 Å². The van der Waals surface area contributed by atoms with E-state index in [1.165, 1.54) is 6.33 Å². The van der Waals surface area contributed by atoms with E-state index in [1.54, 1.807) is 0 Å². The van der Waals surface area contributed by atoms with Crippen molar-refractivity contribution in [3.8, 4) is 11.4 Å². The molecule has 2 aliphatic rings. The number of amides is 1. The summed E-state index contributed by atoms with van der Waals surface area (Å²) in [6.07, 6.45) is 3.79. The Morgan fingerprint density at radius 2 is 1.91 bits per heavy atom. The third kappa shape index (κ3) is 6.44. The molecule has 1 aromatic heterocycles. The number of halogens is 1. The fraction of sp³-hybridized carbons (Fsp3) is 0.565. The molecule has 0 aliphatic carbocycles. The topological polar surface area (TPSA) is 92.7 Å². The molecule has 1 unspecified atom stereocenters. The number of aromatic nitrogens is 3. The molecule has 0 radical (unpaired) electrons. The summed E-state index contributed by atoms with van der Waals surface area (Å²) in [5.74, 6) is 1.97. The van der Waals surface area contributed by atoms with E-state index in [-0.39, 0.29) is 35.9 Å². The fourth-order valence-electron chi connectivity index (χ4n) is 4.43. The predicted molar refractivity (Wildman–Crippen MR) is 140 cm³/mol. The number of carbonyl (C=O) groups is 1. The highest BCUT2D eigenvalue weighted by Crippen LogP contribution is 2.17. The number of benzene rings is 1. The standard InChI is InChI=1S/C23H34N8O.HI/c1-3-24-23(25-16-19-7-6-8-20(15-19)21-26-17-27-28-21)31-13-11-29(12-14-31)18(2)22(32)30-9-4-5-10-30;/h6-8,15,17-18H,3-5,9-14,16H2,1-2H3,(H,24,25)(H,26,27,28);1H. The van der Waals surface area contributed by atoms with Crippen molar-refractivity contribution in [2.75, 3.05) is 45.8 Å². The molecule has 0 bridgehead atoms. The van der Waals surface area contributed by atoms with Crippen LogP contribution in [0, 0.1) is 0 Å². The van der Waals surface area contributed by atoms with Gasteiger partial charge >= 0.3 is 0 Å². The Morgan fingerprint density at radius 1 is 1.15 bits per heavy atom. The van der Waals surface area contributed by atoms with E-state index in [4.69, 9.17) is 4.99 Å². The summed E-state index contributed by atoms with van der Waals surface area (Å²) in [6, 6.07) is 8.16. The van der Waals surface area contributed by atoms with Crippen LogP contribution in [0.5, 0.6) is 0 Å². The first-order chi connectivity index (χ1) is 15.7. The van der Waals surface area contributed by atoms with Gasteiger partial charge in [-0.2, -0.15) is 5.10 Å². The average Bonchev–Trinajstić information content (AvgIpc) is 3.56. The lowest BCUT2D eigenvalue weighted by Crippen LogP contribution is -2.57. The number of guanidine groups is 1. The van der Waals surface area contributed by atoms with Crippen LogP contribution in [0.15, 0.2) is 35.6 Å². The maximum absolute atomic E-state index is 12.8. The first kappa shape index (κ1) is 25.4. The van der Waals surface area contributed by atoms with E-state index < -0.39 is 0 Å². The Hall–Kier alpha value is -2.21. The maximum Gasteiger partial charge on any atom is 0.239 e. The number of nitrogens with one attached hydrogen (secondary N) is 2. The predicted octanol–water partition coefficient (Wildman–Crippen LogP) is 2.18. The minimum absolute atomic E-state index is 0. The second kappa shape index (κ2) is 12.3. The van der Waals surface area contributed by atoms with Crippen molar-refractivity contribution in [2.24, 2.45) is 4.99 Å². The summed E-state index contributed by atoms with van der Waals surface area (Å²) in [5, 5.41) is 10.3. The molecule has 3 heterocycles. The lowest BCUT2D eigenvalue weighted by molar-refractivity contribution is -0.135. The van der Waals surface area contributed by atoms with Gasteiger partial charge in [0.2, 0.25) is 5.91 Å². The Balaban J connectivity index is 0.00000306. The van der Waals surface area contributed by atoms with Crippen LogP contribution >= 0.6 is 24.0 Å². The quantitative estimate of drug-likeness (QED) is 0.317. The lowest BCUT2D eigenvalue weighted by Gasteiger charge is -2.39. The zero-order valence-corrected chi connectivity index (χ0v) is 21.9. The third-order valence-electron chi connectivity index (χ3n) is 6.30. The van der Waals surface area contributed by atoms with Crippen molar-refractivity contribution < 1.29 is 4.79 Å². The Bertz CT molecular complexity index is 905. The molecule has 2 saturated heterocycles. The molecule has 1 amide bonds. The Morgan fingerprint density at radius 3 is 2.58 bits per heavy atom. The summed E-state index contributed by atoms with van der Waals surface area (Å²) in [7, 11) is 0. The van der Waals surface area contributed by atoms with Gasteiger partial charge in [-0.15, -0.1) is 24.0 Å². The summed E-state index contributed by atoms with van der Waals surface area (Å²) in [4.78, 5) is 28.5. The molecule has 4 rings (SSSR count). The molecule has 2 N–H and O–H groups in total. The molecule has 0 saturated carbocycles. The van der Waals surface area contributed by atoms with E-state index in [2.05, 4.69) is 56.3 Å². The normalized spacial score (nSPS) is 18.2. The van der Waals surface area contributed by atoms with Crippen molar-refractivity contribution in [2.45, 2.75) is 39.3 Å². The number of H-pyrrole nitrogens is 1. The van der Waals surface area contributed by atoms with Crippen LogP contribution in [0.4, 0.5) is 0 Å². The monoisotopic (exact) mass is 566 g/mol. The van der Waals surface area contributed by atoms with E-state index in [9.17, 15) is 4.79 Å².